The zero-order valence-corrected chi connectivity index (χ0v) is 12.9. The second-order valence-corrected chi connectivity index (χ2v) is 5.05. The van der Waals surface area contributed by atoms with Crippen LogP contribution in [0.2, 0.25) is 0 Å². The molecule has 1 aromatic carbocycles. The standard InChI is InChI=1S/C16H23F3O3/c1-3-5-9-21-12-7-8-13(15(20)16(17,18)19)14(11-12)22-10-6-4-2/h7-8,11,15,20H,3-6,9-10H2,1-2H3. The molecule has 1 rings (SSSR count). The third-order valence-corrected chi connectivity index (χ3v) is 3.11. The third-order valence-electron chi connectivity index (χ3n) is 3.11. The lowest BCUT2D eigenvalue weighted by atomic mass is 10.1. The van der Waals surface area contributed by atoms with E-state index in [1.54, 1.807) is 0 Å². The van der Waals surface area contributed by atoms with E-state index in [9.17, 15) is 18.3 Å². The lowest BCUT2D eigenvalue weighted by Gasteiger charge is -2.19. The minimum absolute atomic E-state index is 0.0206. The Morgan fingerprint density at radius 2 is 1.64 bits per heavy atom. The average Bonchev–Trinajstić information content (AvgIpc) is 2.46. The molecule has 3 nitrogen and oxygen atoms in total. The predicted octanol–water partition coefficient (Wildman–Crippen LogP) is 4.64. The van der Waals surface area contributed by atoms with Crippen LogP contribution in [0.1, 0.15) is 51.2 Å². The summed E-state index contributed by atoms with van der Waals surface area (Å²) in [6.07, 6.45) is -3.88. The smallest absolute Gasteiger partial charge is 0.418 e. The Morgan fingerprint density at radius 1 is 1.05 bits per heavy atom. The van der Waals surface area contributed by atoms with Gasteiger partial charge in [-0.1, -0.05) is 26.7 Å². The fourth-order valence-corrected chi connectivity index (χ4v) is 1.79. The van der Waals surface area contributed by atoms with Gasteiger partial charge in [0.1, 0.15) is 11.5 Å². The number of aliphatic hydroxyl groups is 1. The summed E-state index contributed by atoms with van der Waals surface area (Å²) in [5.74, 6) is 0.463. The summed E-state index contributed by atoms with van der Waals surface area (Å²) in [7, 11) is 0. The summed E-state index contributed by atoms with van der Waals surface area (Å²) in [4.78, 5) is 0. The van der Waals surface area contributed by atoms with Crippen LogP contribution in [0.4, 0.5) is 13.2 Å². The normalized spacial score (nSPS) is 13.0. The van der Waals surface area contributed by atoms with E-state index < -0.39 is 12.3 Å². The first kappa shape index (κ1) is 18.6. The van der Waals surface area contributed by atoms with Crippen molar-refractivity contribution in [3.05, 3.63) is 23.8 Å². The fourth-order valence-electron chi connectivity index (χ4n) is 1.79. The maximum Gasteiger partial charge on any atom is 0.418 e. The van der Waals surface area contributed by atoms with Crippen LogP contribution in [0.25, 0.3) is 0 Å². The van der Waals surface area contributed by atoms with Gasteiger partial charge < -0.3 is 14.6 Å². The highest BCUT2D eigenvalue weighted by Gasteiger charge is 2.41. The van der Waals surface area contributed by atoms with Gasteiger partial charge in [0.25, 0.3) is 0 Å². The van der Waals surface area contributed by atoms with E-state index in [0.717, 1.165) is 25.7 Å². The van der Waals surface area contributed by atoms with Crippen molar-refractivity contribution in [3.8, 4) is 11.5 Å². The molecular formula is C16H23F3O3. The number of alkyl halides is 3. The van der Waals surface area contributed by atoms with Crippen molar-refractivity contribution in [2.24, 2.45) is 0 Å². The number of halogens is 3. The van der Waals surface area contributed by atoms with E-state index >= 15 is 0 Å². The molecule has 1 aromatic rings. The summed E-state index contributed by atoms with van der Waals surface area (Å²) >= 11 is 0. The molecule has 1 atom stereocenters. The minimum atomic E-state index is -4.73. The number of hydrogen-bond acceptors (Lipinski definition) is 3. The third kappa shape index (κ3) is 5.75. The van der Waals surface area contributed by atoms with E-state index in [4.69, 9.17) is 9.47 Å². The highest BCUT2D eigenvalue weighted by Crippen LogP contribution is 2.38. The maximum absolute atomic E-state index is 12.7. The van der Waals surface area contributed by atoms with Crippen LogP contribution < -0.4 is 9.47 Å². The van der Waals surface area contributed by atoms with Crippen molar-refractivity contribution < 1.29 is 27.8 Å². The van der Waals surface area contributed by atoms with Gasteiger partial charge in [0.15, 0.2) is 6.10 Å². The van der Waals surface area contributed by atoms with Crippen molar-refractivity contribution in [2.75, 3.05) is 13.2 Å². The number of aliphatic hydroxyl groups excluding tert-OH is 1. The lowest BCUT2D eigenvalue weighted by molar-refractivity contribution is -0.207. The van der Waals surface area contributed by atoms with E-state index in [1.165, 1.54) is 18.2 Å². The molecule has 0 aliphatic heterocycles. The van der Waals surface area contributed by atoms with Gasteiger partial charge in [-0.25, -0.2) is 0 Å². The quantitative estimate of drug-likeness (QED) is 0.674. The fraction of sp³-hybridized carbons (Fsp3) is 0.625. The largest absolute Gasteiger partial charge is 0.493 e. The molecular weight excluding hydrogens is 297 g/mol. The highest BCUT2D eigenvalue weighted by atomic mass is 19.4. The molecule has 0 aliphatic rings. The Kier molecular flexibility index (Phi) is 7.51. The molecule has 0 radical (unpaired) electrons. The van der Waals surface area contributed by atoms with Crippen LogP contribution in [0, 0.1) is 0 Å². The van der Waals surface area contributed by atoms with Crippen LogP contribution in [0.15, 0.2) is 18.2 Å². The maximum atomic E-state index is 12.7. The lowest BCUT2D eigenvalue weighted by Crippen LogP contribution is -2.21. The summed E-state index contributed by atoms with van der Waals surface area (Å²) < 4.78 is 49.0. The first-order chi connectivity index (χ1) is 10.4. The van der Waals surface area contributed by atoms with Crippen molar-refractivity contribution in [2.45, 2.75) is 51.8 Å². The number of unbranched alkanes of at least 4 members (excludes halogenated alkanes) is 2. The number of benzene rings is 1. The summed E-state index contributed by atoms with van der Waals surface area (Å²) in [5, 5.41) is 9.45. The first-order valence-corrected chi connectivity index (χ1v) is 7.54. The van der Waals surface area contributed by atoms with Gasteiger partial charge in [-0.15, -0.1) is 0 Å². The molecule has 6 heteroatoms. The molecule has 0 aromatic heterocycles. The van der Waals surface area contributed by atoms with E-state index in [2.05, 4.69) is 0 Å². The molecule has 1 N–H and O–H groups in total. The van der Waals surface area contributed by atoms with Gasteiger partial charge >= 0.3 is 6.18 Å². The second-order valence-electron chi connectivity index (χ2n) is 5.05. The minimum Gasteiger partial charge on any atom is -0.493 e. The van der Waals surface area contributed by atoms with Crippen molar-refractivity contribution in [3.63, 3.8) is 0 Å². The number of ether oxygens (including phenoxy) is 2. The zero-order chi connectivity index (χ0) is 16.6. The number of rotatable bonds is 9. The second kappa shape index (κ2) is 8.88. The van der Waals surface area contributed by atoms with Crippen LogP contribution in [0.3, 0.4) is 0 Å². The molecule has 1 unspecified atom stereocenters. The molecule has 0 amide bonds. The Labute approximate surface area is 129 Å². The number of hydrogen-bond donors (Lipinski definition) is 1. The molecule has 0 aliphatic carbocycles. The van der Waals surface area contributed by atoms with Crippen LogP contribution >= 0.6 is 0 Å². The van der Waals surface area contributed by atoms with Gasteiger partial charge in [-0.05, 0) is 25.0 Å². The topological polar surface area (TPSA) is 38.7 Å². The Morgan fingerprint density at radius 3 is 2.18 bits per heavy atom. The zero-order valence-electron chi connectivity index (χ0n) is 12.9. The van der Waals surface area contributed by atoms with Crippen molar-refractivity contribution in [1.82, 2.24) is 0 Å². The van der Waals surface area contributed by atoms with Gasteiger partial charge in [0.05, 0.1) is 13.2 Å². The van der Waals surface area contributed by atoms with Gasteiger partial charge in [-0.3, -0.25) is 0 Å². The predicted molar refractivity (Wildman–Crippen MR) is 78.3 cm³/mol. The molecule has 0 saturated carbocycles. The molecule has 0 fully saturated rings. The van der Waals surface area contributed by atoms with Crippen LogP contribution in [-0.4, -0.2) is 24.5 Å². The highest BCUT2D eigenvalue weighted by molar-refractivity contribution is 5.42. The average molecular weight is 320 g/mol. The SMILES string of the molecule is CCCCOc1ccc(C(O)C(F)(F)F)c(OCCCC)c1. The van der Waals surface area contributed by atoms with E-state index in [0.29, 0.717) is 19.0 Å². The monoisotopic (exact) mass is 320 g/mol. The first-order valence-electron chi connectivity index (χ1n) is 7.54. The summed E-state index contributed by atoms with van der Waals surface area (Å²) in [6.45, 7) is 4.77. The Hall–Kier alpha value is -1.43. The van der Waals surface area contributed by atoms with E-state index in [1.807, 2.05) is 13.8 Å². The molecule has 0 heterocycles. The van der Waals surface area contributed by atoms with Gasteiger partial charge in [0, 0.05) is 11.6 Å². The van der Waals surface area contributed by atoms with Crippen LogP contribution in [0.5, 0.6) is 11.5 Å². The van der Waals surface area contributed by atoms with Gasteiger partial charge in [0.2, 0.25) is 0 Å². The van der Waals surface area contributed by atoms with Crippen molar-refractivity contribution >= 4 is 0 Å². The van der Waals surface area contributed by atoms with Gasteiger partial charge in [-0.2, -0.15) is 13.2 Å². The molecule has 0 bridgehead atoms. The molecule has 22 heavy (non-hydrogen) atoms. The summed E-state index contributed by atoms with van der Waals surface area (Å²) in [6, 6.07) is 4.04. The Bertz CT molecular complexity index is 447. The molecule has 0 saturated heterocycles. The Balaban J connectivity index is 2.93. The summed E-state index contributed by atoms with van der Waals surface area (Å²) in [5.41, 5.74) is -0.286. The molecule has 126 valence electrons. The van der Waals surface area contributed by atoms with Crippen molar-refractivity contribution in [1.29, 1.82) is 0 Å². The molecule has 0 spiro atoms. The van der Waals surface area contributed by atoms with E-state index in [-0.39, 0.29) is 11.3 Å². The van der Waals surface area contributed by atoms with Crippen LogP contribution in [-0.2, 0) is 0 Å².